The highest BCUT2D eigenvalue weighted by atomic mass is 32.1. The molecular formula is C12H22N2OS. The molecule has 0 aromatic carbocycles. The standard InChI is InChI=1S/C12H22N2OS/c1-8(2)11(6-15-5)13-9(3)12-7-16-10(4)14-12/h7-9,11,13H,6H2,1-5H3. The fourth-order valence-corrected chi connectivity index (χ4v) is 2.30. The number of thiazole rings is 1. The van der Waals surface area contributed by atoms with Crippen molar-refractivity contribution in [2.45, 2.75) is 39.8 Å². The molecule has 1 aromatic rings. The number of methoxy groups -OCH3 is 1. The zero-order valence-corrected chi connectivity index (χ0v) is 11.6. The zero-order chi connectivity index (χ0) is 12.1. The minimum absolute atomic E-state index is 0.285. The Balaban J connectivity index is 2.57. The van der Waals surface area contributed by atoms with Crippen molar-refractivity contribution in [3.63, 3.8) is 0 Å². The third kappa shape index (κ3) is 3.85. The largest absolute Gasteiger partial charge is 0.383 e. The Morgan fingerprint density at radius 1 is 1.44 bits per heavy atom. The van der Waals surface area contributed by atoms with Crippen LogP contribution in [0.2, 0.25) is 0 Å². The number of ether oxygens (including phenoxy) is 1. The molecule has 0 fully saturated rings. The summed E-state index contributed by atoms with van der Waals surface area (Å²) in [6.07, 6.45) is 0. The van der Waals surface area contributed by atoms with Crippen LogP contribution in [-0.4, -0.2) is 24.7 Å². The van der Waals surface area contributed by atoms with Crippen LogP contribution in [0.4, 0.5) is 0 Å². The van der Waals surface area contributed by atoms with Gasteiger partial charge in [-0.2, -0.15) is 0 Å². The molecular weight excluding hydrogens is 220 g/mol. The highest BCUT2D eigenvalue weighted by molar-refractivity contribution is 7.09. The Kier molecular flexibility index (Phi) is 5.38. The normalized spacial score (nSPS) is 15.4. The van der Waals surface area contributed by atoms with Gasteiger partial charge in [-0.1, -0.05) is 13.8 Å². The van der Waals surface area contributed by atoms with Crippen molar-refractivity contribution in [3.05, 3.63) is 16.1 Å². The minimum atomic E-state index is 0.285. The second kappa shape index (κ2) is 6.33. The number of nitrogens with one attached hydrogen (secondary N) is 1. The van der Waals surface area contributed by atoms with Gasteiger partial charge in [-0.25, -0.2) is 4.98 Å². The molecule has 1 heterocycles. The van der Waals surface area contributed by atoms with Crippen LogP contribution in [0.25, 0.3) is 0 Å². The van der Waals surface area contributed by atoms with E-state index in [-0.39, 0.29) is 6.04 Å². The Morgan fingerprint density at radius 3 is 2.56 bits per heavy atom. The molecule has 3 nitrogen and oxygen atoms in total. The molecule has 1 rings (SSSR count). The van der Waals surface area contributed by atoms with E-state index in [1.807, 2.05) is 6.92 Å². The number of aryl methyl sites for hydroxylation is 1. The van der Waals surface area contributed by atoms with Gasteiger partial charge < -0.3 is 10.1 Å². The van der Waals surface area contributed by atoms with Gasteiger partial charge in [0, 0.05) is 24.6 Å². The molecule has 92 valence electrons. The summed E-state index contributed by atoms with van der Waals surface area (Å²) in [5.41, 5.74) is 1.13. The van der Waals surface area contributed by atoms with Crippen molar-refractivity contribution in [2.75, 3.05) is 13.7 Å². The van der Waals surface area contributed by atoms with Gasteiger partial charge in [0.15, 0.2) is 0 Å². The fraction of sp³-hybridized carbons (Fsp3) is 0.750. The lowest BCUT2D eigenvalue weighted by atomic mass is 10.0. The van der Waals surface area contributed by atoms with Gasteiger partial charge in [-0.15, -0.1) is 11.3 Å². The average molecular weight is 242 g/mol. The molecule has 1 N–H and O–H groups in total. The van der Waals surface area contributed by atoms with Crippen LogP contribution in [0.3, 0.4) is 0 Å². The molecule has 0 spiro atoms. The van der Waals surface area contributed by atoms with Crippen LogP contribution in [0.5, 0.6) is 0 Å². The third-order valence-electron chi connectivity index (χ3n) is 2.70. The summed E-state index contributed by atoms with van der Waals surface area (Å²) in [5, 5.41) is 6.81. The van der Waals surface area contributed by atoms with E-state index in [1.54, 1.807) is 18.4 Å². The summed E-state index contributed by atoms with van der Waals surface area (Å²) in [6, 6.07) is 0.662. The maximum atomic E-state index is 5.23. The fourth-order valence-electron chi connectivity index (χ4n) is 1.60. The summed E-state index contributed by atoms with van der Waals surface area (Å²) in [5.74, 6) is 0.558. The highest BCUT2D eigenvalue weighted by Crippen LogP contribution is 2.17. The van der Waals surface area contributed by atoms with Crippen molar-refractivity contribution in [1.82, 2.24) is 10.3 Å². The summed E-state index contributed by atoms with van der Waals surface area (Å²) in [6.45, 7) is 9.34. The van der Waals surface area contributed by atoms with Crippen LogP contribution in [0.15, 0.2) is 5.38 Å². The molecule has 0 saturated carbocycles. The van der Waals surface area contributed by atoms with E-state index in [2.05, 4.69) is 36.5 Å². The Bertz CT molecular complexity index is 312. The Hall–Kier alpha value is -0.450. The summed E-state index contributed by atoms with van der Waals surface area (Å²) >= 11 is 1.70. The molecule has 2 atom stereocenters. The van der Waals surface area contributed by atoms with Crippen molar-refractivity contribution >= 4 is 11.3 Å². The van der Waals surface area contributed by atoms with E-state index in [9.17, 15) is 0 Å². The van der Waals surface area contributed by atoms with Gasteiger partial charge in [0.05, 0.1) is 17.3 Å². The van der Waals surface area contributed by atoms with Gasteiger partial charge in [0.1, 0.15) is 0 Å². The van der Waals surface area contributed by atoms with Crippen molar-refractivity contribution in [2.24, 2.45) is 5.92 Å². The topological polar surface area (TPSA) is 34.1 Å². The second-order valence-corrected chi connectivity index (χ2v) is 5.55. The maximum Gasteiger partial charge on any atom is 0.0898 e. The molecule has 0 aliphatic rings. The van der Waals surface area contributed by atoms with E-state index in [0.717, 1.165) is 17.3 Å². The van der Waals surface area contributed by atoms with E-state index in [1.165, 1.54) is 0 Å². The lowest BCUT2D eigenvalue weighted by molar-refractivity contribution is 0.141. The highest BCUT2D eigenvalue weighted by Gasteiger charge is 2.17. The molecule has 0 radical (unpaired) electrons. The first kappa shape index (κ1) is 13.6. The van der Waals surface area contributed by atoms with E-state index < -0.39 is 0 Å². The maximum absolute atomic E-state index is 5.23. The van der Waals surface area contributed by atoms with Crippen LogP contribution < -0.4 is 5.32 Å². The SMILES string of the molecule is COCC(NC(C)c1csc(C)n1)C(C)C. The van der Waals surface area contributed by atoms with Gasteiger partial charge in [0.25, 0.3) is 0 Å². The van der Waals surface area contributed by atoms with Gasteiger partial charge in [-0.3, -0.25) is 0 Å². The summed E-state index contributed by atoms with van der Waals surface area (Å²) in [4.78, 5) is 4.50. The number of hydrogen-bond acceptors (Lipinski definition) is 4. The molecule has 2 unspecified atom stereocenters. The number of hydrogen-bond donors (Lipinski definition) is 1. The lowest BCUT2D eigenvalue weighted by Gasteiger charge is -2.25. The van der Waals surface area contributed by atoms with E-state index in [4.69, 9.17) is 4.74 Å². The van der Waals surface area contributed by atoms with Gasteiger partial charge in [-0.05, 0) is 19.8 Å². The molecule has 1 aromatic heterocycles. The van der Waals surface area contributed by atoms with E-state index >= 15 is 0 Å². The van der Waals surface area contributed by atoms with Gasteiger partial charge >= 0.3 is 0 Å². The third-order valence-corrected chi connectivity index (χ3v) is 3.49. The molecule has 4 heteroatoms. The first-order chi connectivity index (χ1) is 7.54. The lowest BCUT2D eigenvalue weighted by Crippen LogP contribution is -2.39. The molecule has 0 aliphatic carbocycles. The molecule has 0 bridgehead atoms. The predicted molar refractivity (Wildman–Crippen MR) is 68.9 cm³/mol. The number of rotatable bonds is 6. The van der Waals surface area contributed by atoms with Crippen LogP contribution in [0, 0.1) is 12.8 Å². The Labute approximate surface area is 102 Å². The minimum Gasteiger partial charge on any atom is -0.383 e. The van der Waals surface area contributed by atoms with Gasteiger partial charge in [0.2, 0.25) is 0 Å². The van der Waals surface area contributed by atoms with Crippen LogP contribution >= 0.6 is 11.3 Å². The van der Waals surface area contributed by atoms with Crippen LogP contribution in [0.1, 0.15) is 37.5 Å². The molecule has 16 heavy (non-hydrogen) atoms. The number of aromatic nitrogens is 1. The number of nitrogens with zero attached hydrogens (tertiary/aromatic N) is 1. The zero-order valence-electron chi connectivity index (χ0n) is 10.8. The van der Waals surface area contributed by atoms with E-state index in [0.29, 0.717) is 12.0 Å². The quantitative estimate of drug-likeness (QED) is 0.833. The molecule has 0 amide bonds. The van der Waals surface area contributed by atoms with Crippen LogP contribution in [-0.2, 0) is 4.74 Å². The monoisotopic (exact) mass is 242 g/mol. The second-order valence-electron chi connectivity index (χ2n) is 4.49. The molecule has 0 saturated heterocycles. The molecule has 0 aliphatic heterocycles. The first-order valence-corrected chi connectivity index (χ1v) is 6.59. The summed E-state index contributed by atoms with van der Waals surface area (Å²) in [7, 11) is 1.74. The Morgan fingerprint density at radius 2 is 2.12 bits per heavy atom. The smallest absolute Gasteiger partial charge is 0.0898 e. The predicted octanol–water partition coefficient (Wildman–Crippen LogP) is 2.77. The van der Waals surface area contributed by atoms with Crippen molar-refractivity contribution < 1.29 is 4.74 Å². The van der Waals surface area contributed by atoms with Crippen molar-refractivity contribution in [1.29, 1.82) is 0 Å². The average Bonchev–Trinajstić information content (AvgIpc) is 2.64. The first-order valence-electron chi connectivity index (χ1n) is 5.71. The summed E-state index contributed by atoms with van der Waals surface area (Å²) < 4.78 is 5.23. The van der Waals surface area contributed by atoms with Crippen molar-refractivity contribution in [3.8, 4) is 0 Å².